The van der Waals surface area contributed by atoms with Crippen molar-refractivity contribution in [1.29, 1.82) is 0 Å². The number of aryl methyl sites for hydroxylation is 1. The third kappa shape index (κ3) is 2.99. The lowest BCUT2D eigenvalue weighted by Crippen LogP contribution is -2.25. The minimum Gasteiger partial charge on any atom is -0.370 e. The third-order valence-electron chi connectivity index (χ3n) is 4.39. The summed E-state index contributed by atoms with van der Waals surface area (Å²) in [7, 11) is 0. The summed E-state index contributed by atoms with van der Waals surface area (Å²) in [6, 6.07) is 0.539. The van der Waals surface area contributed by atoms with Crippen LogP contribution in [0.3, 0.4) is 0 Å². The Balaban J connectivity index is 2.20. The first-order valence-electron chi connectivity index (χ1n) is 7.38. The van der Waals surface area contributed by atoms with Gasteiger partial charge in [0.1, 0.15) is 17.5 Å². The Morgan fingerprint density at radius 3 is 2.37 bits per heavy atom. The molecule has 1 heterocycles. The predicted octanol–water partition coefficient (Wildman–Crippen LogP) is 3.37. The van der Waals surface area contributed by atoms with E-state index in [9.17, 15) is 0 Å². The molecule has 0 bridgehead atoms. The van der Waals surface area contributed by atoms with Crippen LogP contribution in [0, 0.1) is 25.7 Å². The van der Waals surface area contributed by atoms with Gasteiger partial charge in [0.05, 0.1) is 0 Å². The topological polar surface area (TPSA) is 49.8 Å². The Labute approximate surface area is 116 Å². The lowest BCUT2D eigenvalue weighted by Gasteiger charge is -2.22. The Morgan fingerprint density at radius 1 is 1.11 bits per heavy atom. The van der Waals surface area contributed by atoms with Crippen molar-refractivity contribution in [2.45, 2.75) is 53.5 Å². The second-order valence-corrected chi connectivity index (χ2v) is 5.79. The molecular weight excluding hydrogens is 236 g/mol. The minimum absolute atomic E-state index is 0.539. The fourth-order valence-electron chi connectivity index (χ4n) is 2.85. The van der Waals surface area contributed by atoms with E-state index >= 15 is 0 Å². The van der Waals surface area contributed by atoms with Crippen LogP contribution in [-0.4, -0.2) is 22.6 Å². The minimum atomic E-state index is 0.539. The molecule has 0 spiro atoms. The molecule has 1 aliphatic rings. The Kier molecular flexibility index (Phi) is 4.27. The van der Waals surface area contributed by atoms with Crippen molar-refractivity contribution in [1.82, 2.24) is 9.97 Å². The highest BCUT2D eigenvalue weighted by molar-refractivity contribution is 5.57. The molecular formula is C15H26N4. The number of anilines is 2. The molecule has 3 unspecified atom stereocenters. The van der Waals surface area contributed by atoms with E-state index in [-0.39, 0.29) is 0 Å². The van der Waals surface area contributed by atoms with Crippen molar-refractivity contribution in [3.05, 3.63) is 11.4 Å². The van der Waals surface area contributed by atoms with Gasteiger partial charge in [0.2, 0.25) is 0 Å². The summed E-state index contributed by atoms with van der Waals surface area (Å²) in [5.74, 6) is 4.28. The number of nitrogens with one attached hydrogen (secondary N) is 2. The highest BCUT2D eigenvalue weighted by Gasteiger charge is 2.30. The molecule has 0 aliphatic heterocycles. The van der Waals surface area contributed by atoms with Gasteiger partial charge >= 0.3 is 0 Å². The van der Waals surface area contributed by atoms with Crippen molar-refractivity contribution in [3.8, 4) is 0 Å². The van der Waals surface area contributed by atoms with E-state index in [1.807, 2.05) is 6.92 Å². The van der Waals surface area contributed by atoms with Crippen LogP contribution in [0.25, 0.3) is 0 Å². The molecule has 19 heavy (non-hydrogen) atoms. The van der Waals surface area contributed by atoms with Crippen LogP contribution in [0.2, 0.25) is 0 Å². The van der Waals surface area contributed by atoms with Gasteiger partial charge in [0.25, 0.3) is 0 Å². The van der Waals surface area contributed by atoms with Crippen molar-refractivity contribution < 1.29 is 0 Å². The quantitative estimate of drug-likeness (QED) is 0.873. The fourth-order valence-corrected chi connectivity index (χ4v) is 2.85. The molecule has 3 atom stereocenters. The van der Waals surface area contributed by atoms with E-state index in [0.717, 1.165) is 35.5 Å². The smallest absolute Gasteiger partial charge is 0.134 e. The molecule has 0 saturated heterocycles. The van der Waals surface area contributed by atoms with Gasteiger partial charge < -0.3 is 10.6 Å². The zero-order valence-electron chi connectivity index (χ0n) is 12.7. The molecule has 1 fully saturated rings. The van der Waals surface area contributed by atoms with Crippen LogP contribution in [0.1, 0.15) is 45.0 Å². The number of hydrogen-bond acceptors (Lipinski definition) is 4. The average Bonchev–Trinajstić information content (AvgIpc) is 2.67. The summed E-state index contributed by atoms with van der Waals surface area (Å²) in [4.78, 5) is 9.05. The standard InChI is InChI=1S/C15H26N4/c1-6-16-14-11(4)15(18-12(5)17-14)19-13-8-7-9(2)10(13)3/h9-10,13H,6-8H2,1-5H3,(H2,16,17,18,19). The Hall–Kier alpha value is -1.32. The molecule has 2 N–H and O–H groups in total. The van der Waals surface area contributed by atoms with Gasteiger partial charge in [-0.1, -0.05) is 13.8 Å². The molecule has 4 heteroatoms. The highest BCUT2D eigenvalue weighted by Crippen LogP contribution is 2.34. The monoisotopic (exact) mass is 262 g/mol. The van der Waals surface area contributed by atoms with Gasteiger partial charge in [-0.15, -0.1) is 0 Å². The van der Waals surface area contributed by atoms with Crippen molar-refractivity contribution in [2.75, 3.05) is 17.2 Å². The molecule has 106 valence electrons. The molecule has 1 saturated carbocycles. The second-order valence-electron chi connectivity index (χ2n) is 5.79. The highest BCUT2D eigenvalue weighted by atomic mass is 15.1. The number of hydrogen-bond donors (Lipinski definition) is 2. The average molecular weight is 262 g/mol. The van der Waals surface area contributed by atoms with Gasteiger partial charge in [-0.2, -0.15) is 0 Å². The molecule has 2 rings (SSSR count). The normalized spacial score (nSPS) is 26.5. The van der Waals surface area contributed by atoms with Gasteiger partial charge in [-0.05, 0) is 45.4 Å². The predicted molar refractivity (Wildman–Crippen MR) is 80.6 cm³/mol. The van der Waals surface area contributed by atoms with Crippen LogP contribution in [0.4, 0.5) is 11.6 Å². The van der Waals surface area contributed by atoms with Crippen LogP contribution < -0.4 is 10.6 Å². The summed E-state index contributed by atoms with van der Waals surface area (Å²) in [6.07, 6.45) is 2.55. The summed E-state index contributed by atoms with van der Waals surface area (Å²) in [5, 5.41) is 6.95. The van der Waals surface area contributed by atoms with E-state index in [1.54, 1.807) is 0 Å². The van der Waals surface area contributed by atoms with Crippen LogP contribution in [0.15, 0.2) is 0 Å². The Bertz CT molecular complexity index is 444. The zero-order chi connectivity index (χ0) is 14.0. The fraction of sp³-hybridized carbons (Fsp3) is 0.733. The van der Waals surface area contributed by atoms with Gasteiger partial charge in [0, 0.05) is 18.2 Å². The summed E-state index contributed by atoms with van der Waals surface area (Å²) in [6.45, 7) is 11.7. The van der Waals surface area contributed by atoms with E-state index in [0.29, 0.717) is 12.0 Å². The maximum Gasteiger partial charge on any atom is 0.134 e. The Morgan fingerprint density at radius 2 is 1.79 bits per heavy atom. The molecule has 1 aromatic rings. The number of aromatic nitrogens is 2. The largest absolute Gasteiger partial charge is 0.370 e. The van der Waals surface area contributed by atoms with E-state index in [4.69, 9.17) is 0 Å². The van der Waals surface area contributed by atoms with E-state index in [2.05, 4.69) is 48.3 Å². The lowest BCUT2D eigenvalue weighted by atomic mass is 9.98. The van der Waals surface area contributed by atoms with Crippen LogP contribution >= 0.6 is 0 Å². The molecule has 1 aromatic heterocycles. The summed E-state index contributed by atoms with van der Waals surface area (Å²) >= 11 is 0. The van der Waals surface area contributed by atoms with Crippen LogP contribution in [0.5, 0.6) is 0 Å². The van der Waals surface area contributed by atoms with Gasteiger partial charge in [-0.3, -0.25) is 0 Å². The van der Waals surface area contributed by atoms with Crippen molar-refractivity contribution in [2.24, 2.45) is 11.8 Å². The lowest BCUT2D eigenvalue weighted by molar-refractivity contribution is 0.435. The molecule has 4 nitrogen and oxygen atoms in total. The second kappa shape index (κ2) is 5.76. The van der Waals surface area contributed by atoms with Crippen LogP contribution in [-0.2, 0) is 0 Å². The first-order valence-corrected chi connectivity index (χ1v) is 7.38. The SMILES string of the molecule is CCNc1nc(C)nc(NC2CCC(C)C2C)c1C. The third-order valence-corrected chi connectivity index (χ3v) is 4.39. The first-order chi connectivity index (χ1) is 9.02. The van der Waals surface area contributed by atoms with Crippen molar-refractivity contribution in [3.63, 3.8) is 0 Å². The first kappa shape index (κ1) is 14.1. The molecule has 0 aromatic carbocycles. The molecule has 0 radical (unpaired) electrons. The molecule has 1 aliphatic carbocycles. The number of nitrogens with zero attached hydrogens (tertiary/aromatic N) is 2. The van der Waals surface area contributed by atoms with Gasteiger partial charge in [-0.25, -0.2) is 9.97 Å². The summed E-state index contributed by atoms with van der Waals surface area (Å²) < 4.78 is 0. The zero-order valence-corrected chi connectivity index (χ0v) is 12.7. The molecule has 0 amide bonds. The van der Waals surface area contributed by atoms with E-state index < -0.39 is 0 Å². The maximum atomic E-state index is 4.58. The number of rotatable bonds is 4. The van der Waals surface area contributed by atoms with Gasteiger partial charge in [0.15, 0.2) is 0 Å². The van der Waals surface area contributed by atoms with E-state index in [1.165, 1.54) is 12.8 Å². The van der Waals surface area contributed by atoms with Crippen molar-refractivity contribution >= 4 is 11.6 Å². The summed E-state index contributed by atoms with van der Waals surface area (Å²) in [5.41, 5.74) is 1.12. The maximum absolute atomic E-state index is 4.58.